The third kappa shape index (κ3) is 7.81. The van der Waals surface area contributed by atoms with Crippen LogP contribution in [0.15, 0.2) is 36.5 Å². The van der Waals surface area contributed by atoms with Crippen molar-refractivity contribution in [3.63, 3.8) is 0 Å². The van der Waals surface area contributed by atoms with Crippen molar-refractivity contribution in [2.75, 3.05) is 13.1 Å². The summed E-state index contributed by atoms with van der Waals surface area (Å²) in [6.45, 7) is 9.40. The second kappa shape index (κ2) is 11.5. The van der Waals surface area contributed by atoms with Gasteiger partial charge in [-0.2, -0.15) is 0 Å². The summed E-state index contributed by atoms with van der Waals surface area (Å²) >= 11 is 0. The highest BCUT2D eigenvalue weighted by atomic mass is 19.1. The number of rotatable bonds is 12. The molecule has 0 saturated carbocycles. The van der Waals surface area contributed by atoms with Gasteiger partial charge in [0.15, 0.2) is 11.6 Å². The lowest BCUT2D eigenvalue weighted by molar-refractivity contribution is 0.1000. The van der Waals surface area contributed by atoms with Gasteiger partial charge in [0, 0.05) is 18.8 Å². The van der Waals surface area contributed by atoms with Crippen LogP contribution in [-0.4, -0.2) is 28.9 Å². The molecule has 2 aromatic rings. The van der Waals surface area contributed by atoms with E-state index in [4.69, 9.17) is 10.5 Å². The first-order valence-corrected chi connectivity index (χ1v) is 10.3. The molecule has 1 amide bonds. The van der Waals surface area contributed by atoms with E-state index >= 15 is 0 Å². The quantitative estimate of drug-likeness (QED) is 0.499. The first-order chi connectivity index (χ1) is 13.9. The van der Waals surface area contributed by atoms with Gasteiger partial charge in [0.1, 0.15) is 0 Å². The Labute approximate surface area is 173 Å². The minimum atomic E-state index is -0.569. The number of carbonyl (C=O) groups is 1. The average molecular weight is 402 g/mol. The van der Waals surface area contributed by atoms with Crippen molar-refractivity contribution in [3.05, 3.63) is 53.5 Å². The van der Waals surface area contributed by atoms with E-state index < -0.39 is 11.7 Å². The fourth-order valence-electron chi connectivity index (χ4n) is 2.98. The Morgan fingerprint density at radius 1 is 1.21 bits per heavy atom. The molecule has 1 aromatic heterocycles. The third-order valence-corrected chi connectivity index (χ3v) is 4.74. The molecule has 158 valence electrons. The first kappa shape index (κ1) is 22.8. The number of halogens is 1. The first-order valence-electron chi connectivity index (χ1n) is 10.3. The maximum absolute atomic E-state index is 14.6. The lowest BCUT2D eigenvalue weighted by atomic mass is 10.1. The monoisotopic (exact) mass is 401 g/mol. The Morgan fingerprint density at radius 2 is 2.00 bits per heavy atom. The molecule has 2 rings (SSSR count). The Kier molecular flexibility index (Phi) is 9.06. The van der Waals surface area contributed by atoms with Crippen LogP contribution < -0.4 is 10.5 Å². The number of pyridine rings is 1. The molecule has 29 heavy (non-hydrogen) atoms. The minimum Gasteiger partial charge on any atom is -0.436 e. The van der Waals surface area contributed by atoms with Gasteiger partial charge < -0.3 is 10.5 Å². The molecule has 6 heteroatoms. The number of hydrogen-bond acceptors (Lipinski definition) is 4. The largest absolute Gasteiger partial charge is 0.436 e. The zero-order valence-corrected chi connectivity index (χ0v) is 17.7. The van der Waals surface area contributed by atoms with E-state index in [-0.39, 0.29) is 17.2 Å². The van der Waals surface area contributed by atoms with E-state index in [1.54, 1.807) is 6.07 Å². The van der Waals surface area contributed by atoms with Gasteiger partial charge >= 0.3 is 0 Å². The van der Waals surface area contributed by atoms with Crippen molar-refractivity contribution < 1.29 is 13.9 Å². The summed E-state index contributed by atoms with van der Waals surface area (Å²) in [5.41, 5.74) is 6.39. The maximum Gasteiger partial charge on any atom is 0.250 e. The molecule has 0 aliphatic rings. The fraction of sp³-hybridized carbons (Fsp3) is 0.478. The van der Waals surface area contributed by atoms with Gasteiger partial charge in [-0.1, -0.05) is 39.7 Å². The van der Waals surface area contributed by atoms with Gasteiger partial charge in [0.2, 0.25) is 11.8 Å². The van der Waals surface area contributed by atoms with Gasteiger partial charge in [-0.25, -0.2) is 9.37 Å². The molecule has 0 atom stereocenters. The molecular formula is C23H32FN3O2. The van der Waals surface area contributed by atoms with Crippen LogP contribution >= 0.6 is 0 Å². The molecule has 0 aliphatic carbocycles. The summed E-state index contributed by atoms with van der Waals surface area (Å²) in [6, 6.07) is 8.03. The van der Waals surface area contributed by atoms with Crippen molar-refractivity contribution in [1.29, 1.82) is 0 Å². The Balaban J connectivity index is 2.02. The Bertz CT molecular complexity index is 778. The van der Waals surface area contributed by atoms with Crippen LogP contribution in [0.25, 0.3) is 0 Å². The fourth-order valence-corrected chi connectivity index (χ4v) is 2.98. The van der Waals surface area contributed by atoms with Crippen molar-refractivity contribution in [2.45, 2.75) is 53.0 Å². The van der Waals surface area contributed by atoms with Crippen LogP contribution in [-0.2, 0) is 6.54 Å². The molecule has 1 heterocycles. The van der Waals surface area contributed by atoms with Crippen LogP contribution in [0.2, 0.25) is 0 Å². The number of carbonyl (C=O) groups excluding carboxylic acids is 1. The molecule has 0 unspecified atom stereocenters. The molecule has 0 bridgehead atoms. The molecule has 0 fully saturated rings. The van der Waals surface area contributed by atoms with Gasteiger partial charge in [-0.05, 0) is 55.6 Å². The normalized spacial score (nSPS) is 11.2. The standard InChI is InChI=1S/C23H32FN3O2/c1-4-5-6-12-27(13-11-17(2)3)16-18-7-9-21(20(24)14-18)29-22-10-8-19(15-26-22)23(25)28/h7-10,14-15,17H,4-6,11-13,16H2,1-3H3,(H2,25,28). The summed E-state index contributed by atoms with van der Waals surface area (Å²) in [7, 11) is 0. The lowest BCUT2D eigenvalue weighted by Gasteiger charge is -2.23. The smallest absolute Gasteiger partial charge is 0.250 e. The van der Waals surface area contributed by atoms with Gasteiger partial charge in [0.25, 0.3) is 0 Å². The molecule has 0 spiro atoms. The summed E-state index contributed by atoms with van der Waals surface area (Å²) in [5, 5.41) is 0. The average Bonchev–Trinajstić information content (AvgIpc) is 2.68. The summed E-state index contributed by atoms with van der Waals surface area (Å²) in [6.07, 6.45) is 5.99. The molecular weight excluding hydrogens is 369 g/mol. The number of primary amides is 1. The number of unbranched alkanes of at least 4 members (excludes halogenated alkanes) is 2. The van der Waals surface area contributed by atoms with E-state index in [0.717, 1.165) is 38.0 Å². The number of ether oxygens (including phenoxy) is 1. The molecule has 5 nitrogen and oxygen atoms in total. The predicted octanol–water partition coefficient (Wildman–Crippen LogP) is 5.15. The predicted molar refractivity (Wildman–Crippen MR) is 113 cm³/mol. The SMILES string of the molecule is CCCCCN(CCC(C)C)Cc1ccc(Oc2ccc(C(N)=O)cn2)c(F)c1. The Morgan fingerprint density at radius 3 is 2.59 bits per heavy atom. The van der Waals surface area contributed by atoms with E-state index in [1.165, 1.54) is 37.2 Å². The van der Waals surface area contributed by atoms with E-state index in [9.17, 15) is 9.18 Å². The maximum atomic E-state index is 14.6. The minimum absolute atomic E-state index is 0.104. The van der Waals surface area contributed by atoms with Crippen molar-refractivity contribution in [2.24, 2.45) is 11.7 Å². The highest BCUT2D eigenvalue weighted by Crippen LogP contribution is 2.24. The lowest BCUT2D eigenvalue weighted by Crippen LogP contribution is -2.26. The number of aromatic nitrogens is 1. The van der Waals surface area contributed by atoms with E-state index in [1.807, 2.05) is 6.07 Å². The third-order valence-electron chi connectivity index (χ3n) is 4.74. The zero-order chi connectivity index (χ0) is 21.2. The van der Waals surface area contributed by atoms with Crippen LogP contribution in [0, 0.1) is 11.7 Å². The van der Waals surface area contributed by atoms with Crippen LogP contribution in [0.3, 0.4) is 0 Å². The van der Waals surface area contributed by atoms with Gasteiger partial charge in [-0.3, -0.25) is 9.69 Å². The van der Waals surface area contributed by atoms with Crippen LogP contribution in [0.4, 0.5) is 4.39 Å². The molecule has 1 aromatic carbocycles. The number of nitrogens with zero attached hydrogens (tertiary/aromatic N) is 2. The molecule has 2 N–H and O–H groups in total. The molecule has 0 aliphatic heterocycles. The number of hydrogen-bond donors (Lipinski definition) is 1. The highest BCUT2D eigenvalue weighted by Gasteiger charge is 2.11. The summed E-state index contributed by atoms with van der Waals surface area (Å²) in [4.78, 5) is 17.5. The second-order valence-corrected chi connectivity index (χ2v) is 7.78. The highest BCUT2D eigenvalue weighted by molar-refractivity contribution is 5.92. The van der Waals surface area contributed by atoms with E-state index in [0.29, 0.717) is 5.92 Å². The second-order valence-electron chi connectivity index (χ2n) is 7.78. The number of amides is 1. The summed E-state index contributed by atoms with van der Waals surface area (Å²) in [5.74, 6) is -0.0432. The Hall–Kier alpha value is -2.47. The van der Waals surface area contributed by atoms with Crippen molar-refractivity contribution in [1.82, 2.24) is 9.88 Å². The van der Waals surface area contributed by atoms with E-state index in [2.05, 4.69) is 30.7 Å². The van der Waals surface area contributed by atoms with Crippen LogP contribution in [0.1, 0.15) is 62.4 Å². The topological polar surface area (TPSA) is 68.5 Å². The molecule has 0 saturated heterocycles. The van der Waals surface area contributed by atoms with Crippen molar-refractivity contribution >= 4 is 5.91 Å². The van der Waals surface area contributed by atoms with Crippen LogP contribution in [0.5, 0.6) is 11.6 Å². The van der Waals surface area contributed by atoms with Gasteiger partial charge in [-0.15, -0.1) is 0 Å². The number of benzene rings is 1. The number of nitrogens with two attached hydrogens (primary N) is 1. The zero-order valence-electron chi connectivity index (χ0n) is 17.7. The van der Waals surface area contributed by atoms with Crippen molar-refractivity contribution in [3.8, 4) is 11.6 Å². The van der Waals surface area contributed by atoms with Gasteiger partial charge in [0.05, 0.1) is 5.56 Å². The molecule has 0 radical (unpaired) electrons. The summed E-state index contributed by atoms with van der Waals surface area (Å²) < 4.78 is 20.1.